The Morgan fingerprint density at radius 3 is 2.80 bits per heavy atom. The van der Waals surface area contributed by atoms with E-state index in [-0.39, 0.29) is 23.8 Å². The Balaban J connectivity index is 2.31. The van der Waals surface area contributed by atoms with Gasteiger partial charge in [-0.15, -0.1) is 0 Å². The van der Waals surface area contributed by atoms with Crippen molar-refractivity contribution < 1.29 is 13.6 Å². The maximum absolute atomic E-state index is 13.2. The molecule has 0 radical (unpaired) electrons. The monoisotopic (exact) mass is 298 g/mol. The van der Waals surface area contributed by atoms with Gasteiger partial charge in [-0.3, -0.25) is 4.79 Å². The highest BCUT2D eigenvalue weighted by Crippen LogP contribution is 2.34. The fraction of sp³-hybridized carbons (Fsp3) is 0.429. The predicted molar refractivity (Wildman–Crippen MR) is 71.9 cm³/mol. The van der Waals surface area contributed by atoms with E-state index in [4.69, 9.17) is 16.9 Å². The second-order valence-electron chi connectivity index (χ2n) is 5.01. The Morgan fingerprint density at radius 1 is 1.55 bits per heavy atom. The van der Waals surface area contributed by atoms with Crippen LogP contribution in [0.2, 0.25) is 5.02 Å². The van der Waals surface area contributed by atoms with Crippen LogP contribution >= 0.6 is 11.6 Å². The topological polar surface area (TPSA) is 44.1 Å². The van der Waals surface area contributed by atoms with Gasteiger partial charge in [-0.25, -0.2) is 8.78 Å². The first-order valence-electron chi connectivity index (χ1n) is 6.21. The van der Waals surface area contributed by atoms with Gasteiger partial charge in [0.2, 0.25) is 11.8 Å². The van der Waals surface area contributed by atoms with Crippen LogP contribution in [0.25, 0.3) is 0 Å². The first-order chi connectivity index (χ1) is 9.31. The number of amides is 1. The normalized spacial score (nSPS) is 19.2. The van der Waals surface area contributed by atoms with E-state index >= 15 is 0 Å². The minimum absolute atomic E-state index is 0.194. The number of alkyl halides is 2. The first-order valence-corrected chi connectivity index (χ1v) is 6.59. The molecule has 1 heterocycles. The first kappa shape index (κ1) is 14.7. The number of carbonyl (C=O) groups excluding carboxylic acids is 1. The summed E-state index contributed by atoms with van der Waals surface area (Å²) in [4.78, 5) is 13.3. The average molecular weight is 299 g/mol. The van der Waals surface area contributed by atoms with Crippen LogP contribution in [0.5, 0.6) is 0 Å². The molecule has 1 atom stereocenters. The fourth-order valence-electron chi connectivity index (χ4n) is 2.45. The van der Waals surface area contributed by atoms with Gasteiger partial charge in [-0.05, 0) is 31.5 Å². The highest BCUT2D eigenvalue weighted by molar-refractivity contribution is 6.32. The van der Waals surface area contributed by atoms with Crippen LogP contribution < -0.4 is 4.90 Å². The Hall–Kier alpha value is -1.67. The van der Waals surface area contributed by atoms with Crippen molar-refractivity contribution in [3.8, 4) is 6.07 Å². The van der Waals surface area contributed by atoms with Crippen LogP contribution in [0.15, 0.2) is 18.2 Å². The van der Waals surface area contributed by atoms with E-state index in [1.165, 1.54) is 17.0 Å². The molecular weight excluding hydrogens is 286 g/mol. The van der Waals surface area contributed by atoms with E-state index in [0.29, 0.717) is 17.7 Å². The molecule has 1 aliphatic rings. The lowest BCUT2D eigenvalue weighted by Crippen LogP contribution is -2.36. The quantitative estimate of drug-likeness (QED) is 0.853. The molecule has 6 heteroatoms. The molecule has 1 aromatic carbocycles. The molecule has 0 saturated carbocycles. The zero-order valence-electron chi connectivity index (χ0n) is 10.9. The van der Waals surface area contributed by atoms with Gasteiger partial charge in [0, 0.05) is 24.6 Å². The van der Waals surface area contributed by atoms with Gasteiger partial charge in [-0.1, -0.05) is 11.6 Å². The summed E-state index contributed by atoms with van der Waals surface area (Å²) in [5.74, 6) is -3.02. The molecule has 1 aromatic rings. The van der Waals surface area contributed by atoms with Crippen molar-refractivity contribution in [2.45, 2.75) is 38.2 Å². The predicted octanol–water partition coefficient (Wildman–Crippen LogP) is 3.75. The smallest absolute Gasteiger partial charge is 0.247 e. The second kappa shape index (κ2) is 5.37. The van der Waals surface area contributed by atoms with Gasteiger partial charge in [0.25, 0.3) is 0 Å². The van der Waals surface area contributed by atoms with E-state index in [2.05, 4.69) is 0 Å². The molecule has 2 rings (SSSR count). The van der Waals surface area contributed by atoms with Gasteiger partial charge in [-0.2, -0.15) is 5.26 Å². The molecule has 0 aromatic heterocycles. The van der Waals surface area contributed by atoms with Crippen molar-refractivity contribution in [2.75, 3.05) is 4.90 Å². The molecule has 3 nitrogen and oxygen atoms in total. The SMILES string of the molecule is CC(F)(F)C[C@H]1CCC(=O)N1c1ccc(C#N)c(Cl)c1. The Kier molecular flexibility index (Phi) is 3.96. The number of hydrogen-bond donors (Lipinski definition) is 0. The summed E-state index contributed by atoms with van der Waals surface area (Å²) in [6, 6.07) is 5.91. The molecule has 0 bridgehead atoms. The summed E-state index contributed by atoms with van der Waals surface area (Å²) in [5, 5.41) is 9.03. The third-order valence-corrected chi connectivity index (χ3v) is 3.58. The second-order valence-corrected chi connectivity index (χ2v) is 5.41. The summed E-state index contributed by atoms with van der Waals surface area (Å²) < 4.78 is 26.4. The number of benzene rings is 1. The van der Waals surface area contributed by atoms with E-state index in [0.717, 1.165) is 6.92 Å². The third-order valence-electron chi connectivity index (χ3n) is 3.27. The molecular formula is C14H13ClF2N2O. The van der Waals surface area contributed by atoms with E-state index < -0.39 is 12.0 Å². The third kappa shape index (κ3) is 3.07. The minimum Gasteiger partial charge on any atom is -0.309 e. The van der Waals surface area contributed by atoms with Crippen LogP contribution in [-0.4, -0.2) is 17.9 Å². The van der Waals surface area contributed by atoms with Gasteiger partial charge in [0.1, 0.15) is 6.07 Å². The van der Waals surface area contributed by atoms with Crippen molar-refractivity contribution in [1.82, 2.24) is 0 Å². The summed E-state index contributed by atoms with van der Waals surface area (Å²) in [6.07, 6.45) is 0.272. The standard InChI is InChI=1S/C14H13ClF2N2O/c1-14(16,17)7-11-4-5-13(20)19(11)10-3-2-9(8-18)12(15)6-10/h2-3,6,11H,4-5,7H2,1H3/t11-/m1/s1. The van der Waals surface area contributed by atoms with Crippen molar-refractivity contribution in [1.29, 1.82) is 5.26 Å². The van der Waals surface area contributed by atoms with Crippen LogP contribution in [0, 0.1) is 11.3 Å². The van der Waals surface area contributed by atoms with E-state index in [1.807, 2.05) is 6.07 Å². The van der Waals surface area contributed by atoms with Crippen LogP contribution in [-0.2, 0) is 4.79 Å². The molecule has 1 aliphatic heterocycles. The largest absolute Gasteiger partial charge is 0.309 e. The lowest BCUT2D eigenvalue weighted by molar-refractivity contribution is -0.117. The van der Waals surface area contributed by atoms with Crippen molar-refractivity contribution in [2.24, 2.45) is 0 Å². The van der Waals surface area contributed by atoms with E-state index in [9.17, 15) is 13.6 Å². The molecule has 106 valence electrons. The maximum atomic E-state index is 13.2. The summed E-state index contributed by atoms with van der Waals surface area (Å²) in [7, 11) is 0. The summed E-state index contributed by atoms with van der Waals surface area (Å²) in [6.45, 7) is 0.847. The molecule has 1 amide bonds. The van der Waals surface area contributed by atoms with Crippen molar-refractivity contribution in [3.63, 3.8) is 0 Å². The van der Waals surface area contributed by atoms with Crippen LogP contribution in [0.4, 0.5) is 14.5 Å². The molecule has 0 N–H and O–H groups in total. The number of halogens is 3. The lowest BCUT2D eigenvalue weighted by atomic mass is 10.1. The van der Waals surface area contributed by atoms with Crippen molar-refractivity contribution >= 4 is 23.2 Å². The summed E-state index contributed by atoms with van der Waals surface area (Å²) >= 11 is 5.93. The van der Waals surface area contributed by atoms with E-state index in [1.54, 1.807) is 6.07 Å². The van der Waals surface area contributed by atoms with Crippen molar-refractivity contribution in [3.05, 3.63) is 28.8 Å². The zero-order valence-corrected chi connectivity index (χ0v) is 11.6. The fourth-order valence-corrected chi connectivity index (χ4v) is 2.67. The van der Waals surface area contributed by atoms with Gasteiger partial charge in [0.15, 0.2) is 0 Å². The number of nitrogens with zero attached hydrogens (tertiary/aromatic N) is 2. The number of anilines is 1. The Labute approximate surface area is 120 Å². The van der Waals surface area contributed by atoms with Gasteiger partial charge < -0.3 is 4.90 Å². The number of hydrogen-bond acceptors (Lipinski definition) is 2. The van der Waals surface area contributed by atoms with Crippen LogP contribution in [0.1, 0.15) is 31.7 Å². The molecule has 20 heavy (non-hydrogen) atoms. The Bertz CT molecular complexity index is 578. The zero-order chi connectivity index (χ0) is 14.9. The molecule has 0 aliphatic carbocycles. The highest BCUT2D eigenvalue weighted by atomic mass is 35.5. The lowest BCUT2D eigenvalue weighted by Gasteiger charge is -2.27. The van der Waals surface area contributed by atoms with Gasteiger partial charge in [0.05, 0.1) is 10.6 Å². The molecule has 0 spiro atoms. The molecule has 1 fully saturated rings. The summed E-state index contributed by atoms with van der Waals surface area (Å²) in [5.41, 5.74) is 0.755. The van der Waals surface area contributed by atoms with Crippen LogP contribution in [0.3, 0.4) is 0 Å². The molecule has 0 unspecified atom stereocenters. The number of rotatable bonds is 3. The van der Waals surface area contributed by atoms with Gasteiger partial charge >= 0.3 is 0 Å². The number of carbonyl (C=O) groups is 1. The minimum atomic E-state index is -2.83. The number of nitriles is 1. The molecule has 1 saturated heterocycles. The Morgan fingerprint density at radius 2 is 2.25 bits per heavy atom. The average Bonchev–Trinajstić information content (AvgIpc) is 2.68. The highest BCUT2D eigenvalue weighted by Gasteiger charge is 2.38. The maximum Gasteiger partial charge on any atom is 0.247 e.